The van der Waals surface area contributed by atoms with Gasteiger partial charge in [-0.25, -0.2) is 9.79 Å². The molecule has 4 aromatic carbocycles. The quantitative estimate of drug-likeness (QED) is 0.246. The second kappa shape index (κ2) is 11.3. The van der Waals surface area contributed by atoms with Gasteiger partial charge in [-0.2, -0.15) is 0 Å². The highest BCUT2D eigenvalue weighted by Crippen LogP contribution is 2.40. The maximum absolute atomic E-state index is 13.7. The Labute approximate surface area is 237 Å². The monoisotopic (exact) mass is 547 g/mol. The van der Waals surface area contributed by atoms with Crippen LogP contribution < -0.4 is 16.0 Å². The van der Waals surface area contributed by atoms with Gasteiger partial charge in [0.2, 0.25) is 0 Å². The van der Waals surface area contributed by atoms with Gasteiger partial charge in [-0.3, -0.25) is 4.79 Å². The molecule has 3 amide bonds. The van der Waals surface area contributed by atoms with Gasteiger partial charge in [-0.05, 0) is 54.6 Å². The number of anilines is 3. The summed E-state index contributed by atoms with van der Waals surface area (Å²) < 4.78 is 0. The molecule has 1 atom stereocenters. The molecule has 40 heavy (non-hydrogen) atoms. The van der Waals surface area contributed by atoms with Gasteiger partial charge in [0.05, 0.1) is 23.0 Å². The van der Waals surface area contributed by atoms with E-state index >= 15 is 0 Å². The van der Waals surface area contributed by atoms with Crippen LogP contribution in [-0.2, 0) is 4.79 Å². The van der Waals surface area contributed by atoms with Crippen molar-refractivity contribution in [2.75, 3.05) is 28.2 Å². The number of rotatable bonds is 5. The average molecular weight is 548 g/mol. The number of amides is 3. The van der Waals surface area contributed by atoms with Crippen LogP contribution in [0, 0.1) is 0 Å². The zero-order valence-electron chi connectivity index (χ0n) is 22.1. The molecule has 2 heterocycles. The maximum Gasteiger partial charge on any atom is 0.323 e. The highest BCUT2D eigenvalue weighted by Gasteiger charge is 2.37. The van der Waals surface area contributed by atoms with E-state index in [9.17, 15) is 9.59 Å². The van der Waals surface area contributed by atoms with Crippen LogP contribution in [0.3, 0.4) is 0 Å². The van der Waals surface area contributed by atoms with E-state index in [1.54, 1.807) is 11.8 Å². The zero-order valence-corrected chi connectivity index (χ0v) is 22.9. The van der Waals surface area contributed by atoms with E-state index in [0.717, 1.165) is 51.6 Å². The Morgan fingerprint density at radius 1 is 0.850 bits per heavy atom. The highest BCUT2D eigenvalue weighted by atomic mass is 32.2. The lowest BCUT2D eigenvalue weighted by atomic mass is 9.93. The first kappa shape index (κ1) is 25.7. The summed E-state index contributed by atoms with van der Waals surface area (Å²) in [5.41, 5.74) is 4.33. The maximum atomic E-state index is 13.7. The van der Waals surface area contributed by atoms with E-state index < -0.39 is 0 Å². The second-order valence-corrected chi connectivity index (χ2v) is 10.8. The fourth-order valence-corrected chi connectivity index (χ4v) is 6.25. The number of nitrogens with zero attached hydrogens (tertiary/aromatic N) is 2. The van der Waals surface area contributed by atoms with Gasteiger partial charge < -0.3 is 20.9 Å². The van der Waals surface area contributed by atoms with Crippen molar-refractivity contribution in [2.45, 2.75) is 19.4 Å². The summed E-state index contributed by atoms with van der Waals surface area (Å²) in [6.07, 6.45) is 0.998. The van der Waals surface area contributed by atoms with Gasteiger partial charge in [-0.1, -0.05) is 78.5 Å². The zero-order chi connectivity index (χ0) is 27.5. The SMILES string of the molecule is CC1=C(C(=O)Nc2ccccc2)C(c2cccc(NC(=O)Nc3cccc4ccccc34)c2)N2CCCSC2=N1. The van der Waals surface area contributed by atoms with Gasteiger partial charge in [0.1, 0.15) is 0 Å². The molecule has 4 aromatic rings. The number of urea groups is 1. The van der Waals surface area contributed by atoms with Crippen molar-refractivity contribution in [1.29, 1.82) is 0 Å². The number of hydrogen-bond acceptors (Lipinski definition) is 5. The third-order valence-electron chi connectivity index (χ3n) is 7.03. The topological polar surface area (TPSA) is 85.8 Å². The van der Waals surface area contributed by atoms with Gasteiger partial charge in [0.15, 0.2) is 5.17 Å². The van der Waals surface area contributed by atoms with Crippen LogP contribution >= 0.6 is 11.8 Å². The summed E-state index contributed by atoms with van der Waals surface area (Å²) in [6, 6.07) is 30.3. The number of fused-ring (bicyclic) bond motifs is 2. The predicted molar refractivity (Wildman–Crippen MR) is 165 cm³/mol. The van der Waals surface area contributed by atoms with Crippen molar-refractivity contribution in [2.24, 2.45) is 4.99 Å². The molecule has 8 heteroatoms. The number of para-hydroxylation sites is 1. The van der Waals surface area contributed by atoms with Crippen LogP contribution in [0.2, 0.25) is 0 Å². The molecule has 6 rings (SSSR count). The van der Waals surface area contributed by atoms with Crippen molar-refractivity contribution < 1.29 is 9.59 Å². The number of aliphatic imine (C=N–C) groups is 1. The number of carbonyl (C=O) groups excluding carboxylic acids is 2. The number of nitrogens with one attached hydrogen (secondary N) is 3. The lowest BCUT2D eigenvalue weighted by Gasteiger charge is -2.41. The smallest absolute Gasteiger partial charge is 0.323 e. The van der Waals surface area contributed by atoms with Gasteiger partial charge in [-0.15, -0.1) is 0 Å². The van der Waals surface area contributed by atoms with Crippen LogP contribution in [0.15, 0.2) is 113 Å². The summed E-state index contributed by atoms with van der Waals surface area (Å²) in [6.45, 7) is 2.69. The first-order valence-electron chi connectivity index (χ1n) is 13.3. The van der Waals surface area contributed by atoms with Crippen LogP contribution in [0.1, 0.15) is 24.9 Å². The Kier molecular flexibility index (Phi) is 7.25. The standard InChI is InChI=1S/C32H29N5O2S/c1-21-28(30(38)34-24-13-3-2-4-14-24)29(37-18-9-19-40-32(37)33-21)23-12-7-15-25(20-23)35-31(39)36-27-17-8-11-22-10-5-6-16-26(22)27/h2-8,10-17,20,29H,9,18-19H2,1H3,(H,34,38)(H2,35,36,39). The van der Waals surface area contributed by atoms with E-state index in [4.69, 9.17) is 4.99 Å². The molecule has 0 aliphatic carbocycles. The van der Waals surface area contributed by atoms with Crippen molar-refractivity contribution in [3.63, 3.8) is 0 Å². The summed E-state index contributed by atoms with van der Waals surface area (Å²) in [5.74, 6) is 0.815. The van der Waals surface area contributed by atoms with Crippen molar-refractivity contribution in [3.8, 4) is 0 Å². The first-order valence-corrected chi connectivity index (χ1v) is 14.3. The normalized spacial score (nSPS) is 16.7. The third-order valence-corrected chi connectivity index (χ3v) is 8.11. The summed E-state index contributed by atoms with van der Waals surface area (Å²) in [5, 5.41) is 12.0. The fourth-order valence-electron chi connectivity index (χ4n) is 5.23. The second-order valence-electron chi connectivity index (χ2n) is 9.74. The van der Waals surface area contributed by atoms with Gasteiger partial charge in [0, 0.05) is 29.1 Å². The molecule has 1 fully saturated rings. The van der Waals surface area contributed by atoms with Crippen molar-refractivity contribution >= 4 is 56.7 Å². The van der Waals surface area contributed by atoms with E-state index in [1.807, 2.05) is 104 Å². The van der Waals surface area contributed by atoms with E-state index in [2.05, 4.69) is 20.9 Å². The lowest BCUT2D eigenvalue weighted by Crippen LogP contribution is -2.43. The number of amidine groups is 1. The minimum absolute atomic E-state index is 0.181. The summed E-state index contributed by atoms with van der Waals surface area (Å²) >= 11 is 1.71. The molecule has 3 N–H and O–H groups in total. The van der Waals surface area contributed by atoms with Crippen molar-refractivity contribution in [3.05, 3.63) is 114 Å². The number of thioether (sulfide) groups is 1. The van der Waals surface area contributed by atoms with E-state index in [-0.39, 0.29) is 18.0 Å². The molecule has 0 bridgehead atoms. The summed E-state index contributed by atoms with van der Waals surface area (Å²) in [7, 11) is 0. The minimum atomic E-state index is -0.332. The average Bonchev–Trinajstić information content (AvgIpc) is 2.97. The molecule has 0 spiro atoms. The Morgan fingerprint density at radius 2 is 1.60 bits per heavy atom. The predicted octanol–water partition coefficient (Wildman–Crippen LogP) is 7.25. The summed E-state index contributed by atoms with van der Waals surface area (Å²) in [4.78, 5) is 33.7. The molecular weight excluding hydrogens is 518 g/mol. The molecule has 2 aliphatic rings. The minimum Gasteiger partial charge on any atom is -0.340 e. The Balaban J connectivity index is 1.28. The van der Waals surface area contributed by atoms with Gasteiger partial charge >= 0.3 is 6.03 Å². The molecule has 1 unspecified atom stereocenters. The third kappa shape index (κ3) is 5.31. The molecule has 0 aromatic heterocycles. The highest BCUT2D eigenvalue weighted by molar-refractivity contribution is 8.13. The van der Waals surface area contributed by atoms with Crippen molar-refractivity contribution in [1.82, 2.24) is 4.90 Å². The number of benzene rings is 4. The largest absolute Gasteiger partial charge is 0.340 e. The molecule has 0 saturated carbocycles. The van der Waals surface area contributed by atoms with Crippen LogP contribution in [0.5, 0.6) is 0 Å². The number of carbonyl (C=O) groups is 2. The van der Waals surface area contributed by atoms with E-state index in [0.29, 0.717) is 17.0 Å². The Morgan fingerprint density at radius 3 is 2.48 bits per heavy atom. The molecule has 7 nitrogen and oxygen atoms in total. The lowest BCUT2D eigenvalue weighted by molar-refractivity contribution is -0.113. The Hall–Kier alpha value is -4.56. The molecule has 0 radical (unpaired) electrons. The van der Waals surface area contributed by atoms with E-state index in [1.165, 1.54) is 0 Å². The first-order chi connectivity index (χ1) is 19.6. The Bertz CT molecular complexity index is 1640. The molecule has 1 saturated heterocycles. The number of hydrogen-bond donors (Lipinski definition) is 3. The molecule has 200 valence electrons. The number of allylic oxidation sites excluding steroid dienone is 1. The van der Waals surface area contributed by atoms with Crippen LogP contribution in [0.25, 0.3) is 10.8 Å². The van der Waals surface area contributed by atoms with Crippen LogP contribution in [-0.4, -0.2) is 34.3 Å². The fraction of sp³-hybridized carbons (Fsp3) is 0.156. The molecule has 2 aliphatic heterocycles. The molecular formula is C32H29N5O2S. The van der Waals surface area contributed by atoms with Gasteiger partial charge in [0.25, 0.3) is 5.91 Å². The van der Waals surface area contributed by atoms with Crippen LogP contribution in [0.4, 0.5) is 21.9 Å².